The molecule has 0 bridgehead atoms. The molecule has 0 heterocycles. The first-order valence-corrected chi connectivity index (χ1v) is 4.78. The van der Waals surface area contributed by atoms with Crippen LogP contribution in [0.3, 0.4) is 0 Å². The fourth-order valence-corrected chi connectivity index (χ4v) is 0.741. The fraction of sp³-hybridized carbons (Fsp3) is 0.250. The Labute approximate surface area is 54.4 Å². The van der Waals surface area contributed by atoms with Gasteiger partial charge in [0, 0.05) is 26.1 Å². The summed E-state index contributed by atoms with van der Waals surface area (Å²) in [6.45, 7) is 3.42. The van der Waals surface area contributed by atoms with Gasteiger partial charge in [0.05, 0.1) is 0 Å². The smallest absolute Gasteiger partial charge is 0.330 e. The van der Waals surface area contributed by atoms with Gasteiger partial charge in [-0.05, 0) is 5.16 Å². The Morgan fingerprint density at radius 2 is 2.00 bits per heavy atom. The van der Waals surface area contributed by atoms with E-state index in [0.29, 0.717) is 10.7 Å². The number of carbonyl (C=O) groups is 1. The van der Waals surface area contributed by atoms with Crippen LogP contribution in [-0.2, 0) is 4.79 Å². The van der Waals surface area contributed by atoms with Crippen LogP contribution >= 0.6 is 0 Å². The standard InChI is InChI=1S/C4H10O2Si2/c1-2(3(5)6)4(7)8/h4H,1H2,7-8H3,(H,5,6). The molecular formula is C4H10O2Si2. The summed E-state index contributed by atoms with van der Waals surface area (Å²) in [6.07, 6.45) is 0. The van der Waals surface area contributed by atoms with Crippen molar-refractivity contribution in [1.82, 2.24) is 0 Å². The monoisotopic (exact) mass is 146 g/mol. The summed E-state index contributed by atoms with van der Waals surface area (Å²) in [5.74, 6) is -0.833. The normalized spacial score (nSPS) is 13.5. The molecule has 1 N–H and O–H groups in total. The third-order valence-electron chi connectivity index (χ3n) is 0.972. The number of hydrogen-bond acceptors (Lipinski definition) is 1. The molecule has 0 aromatic carbocycles. The van der Waals surface area contributed by atoms with Gasteiger partial charge >= 0.3 is 5.97 Å². The Balaban J connectivity index is 3.84. The molecule has 0 rings (SSSR count). The lowest BCUT2D eigenvalue weighted by Crippen LogP contribution is -2.05. The number of carboxylic acids is 1. The third kappa shape index (κ3) is 2.08. The zero-order valence-corrected chi connectivity index (χ0v) is 9.14. The van der Waals surface area contributed by atoms with Crippen LogP contribution < -0.4 is 0 Å². The maximum atomic E-state index is 10.1. The molecule has 8 heavy (non-hydrogen) atoms. The maximum Gasteiger partial charge on any atom is 0.330 e. The molecule has 0 atom stereocenters. The number of hydrogen-bond donors (Lipinski definition) is 1. The van der Waals surface area contributed by atoms with Crippen LogP contribution in [0.25, 0.3) is 0 Å². The summed E-state index contributed by atoms with van der Waals surface area (Å²) in [6, 6.07) is 0. The van der Waals surface area contributed by atoms with Crippen molar-refractivity contribution in [2.75, 3.05) is 0 Å². The van der Waals surface area contributed by atoms with Gasteiger partial charge in [-0.25, -0.2) is 4.79 Å². The highest BCUT2D eigenvalue weighted by atomic mass is 28.2. The Bertz CT molecular complexity index is 119. The molecular weight excluding hydrogens is 136 g/mol. The van der Waals surface area contributed by atoms with Crippen molar-refractivity contribution in [3.63, 3.8) is 0 Å². The lowest BCUT2D eigenvalue weighted by Gasteiger charge is -2.00. The highest BCUT2D eigenvalue weighted by molar-refractivity contribution is 6.39. The molecule has 0 aliphatic carbocycles. The summed E-state index contributed by atoms with van der Waals surface area (Å²) in [7, 11) is 1.86. The molecule has 0 fully saturated rings. The quantitative estimate of drug-likeness (QED) is 0.365. The van der Waals surface area contributed by atoms with Crippen molar-refractivity contribution in [3.05, 3.63) is 12.2 Å². The molecule has 0 aromatic rings. The van der Waals surface area contributed by atoms with Gasteiger partial charge in [-0.1, -0.05) is 6.58 Å². The molecule has 46 valence electrons. The van der Waals surface area contributed by atoms with Crippen molar-refractivity contribution >= 4 is 26.5 Å². The van der Waals surface area contributed by atoms with Crippen LogP contribution in [0, 0.1) is 0 Å². The molecule has 0 spiro atoms. The van der Waals surface area contributed by atoms with Gasteiger partial charge in [0.15, 0.2) is 0 Å². The summed E-state index contributed by atoms with van der Waals surface area (Å²) in [5, 5.41) is 8.62. The van der Waals surface area contributed by atoms with E-state index in [1.165, 1.54) is 0 Å². The van der Waals surface area contributed by atoms with Gasteiger partial charge in [-0.2, -0.15) is 0 Å². The average molecular weight is 146 g/mol. The van der Waals surface area contributed by atoms with Gasteiger partial charge in [0.1, 0.15) is 0 Å². The molecule has 0 aromatic heterocycles. The SMILES string of the molecule is C=C(C(=O)O)C([SiH3])[SiH3]. The third-order valence-corrected chi connectivity index (χ3v) is 2.37. The van der Waals surface area contributed by atoms with Crippen molar-refractivity contribution in [2.24, 2.45) is 0 Å². The van der Waals surface area contributed by atoms with Crippen LogP contribution in [0.5, 0.6) is 0 Å². The van der Waals surface area contributed by atoms with Crippen LogP contribution in [0.4, 0.5) is 0 Å². The van der Waals surface area contributed by atoms with Gasteiger partial charge in [-0.15, -0.1) is 0 Å². The van der Waals surface area contributed by atoms with E-state index in [9.17, 15) is 4.79 Å². The second-order valence-corrected chi connectivity index (χ2v) is 7.76. The number of rotatable bonds is 2. The second-order valence-electron chi connectivity index (χ2n) is 1.99. The molecule has 0 saturated heterocycles. The van der Waals surface area contributed by atoms with Crippen LogP contribution in [0.1, 0.15) is 0 Å². The highest BCUT2D eigenvalue weighted by Gasteiger charge is 2.06. The van der Waals surface area contributed by atoms with Gasteiger partial charge < -0.3 is 5.11 Å². The van der Waals surface area contributed by atoms with Gasteiger partial charge in [0.2, 0.25) is 0 Å². The zero-order chi connectivity index (χ0) is 6.73. The molecule has 0 aliphatic heterocycles. The minimum atomic E-state index is -0.833. The van der Waals surface area contributed by atoms with E-state index in [0.717, 1.165) is 20.5 Å². The lowest BCUT2D eigenvalue weighted by molar-refractivity contribution is -0.132. The molecule has 0 aliphatic rings. The molecule has 0 unspecified atom stereocenters. The molecule has 0 saturated carbocycles. The maximum absolute atomic E-state index is 10.1. The Hall–Kier alpha value is -0.356. The molecule has 4 heteroatoms. The topological polar surface area (TPSA) is 37.3 Å². The van der Waals surface area contributed by atoms with Gasteiger partial charge in [-0.3, -0.25) is 0 Å². The summed E-state index contributed by atoms with van der Waals surface area (Å²) in [5.41, 5.74) is 0.392. The van der Waals surface area contributed by atoms with Crippen molar-refractivity contribution in [1.29, 1.82) is 0 Å². The predicted octanol–water partition coefficient (Wildman–Crippen LogP) is -1.90. The second kappa shape index (κ2) is 2.83. The van der Waals surface area contributed by atoms with E-state index >= 15 is 0 Å². The van der Waals surface area contributed by atoms with E-state index in [2.05, 4.69) is 6.58 Å². The van der Waals surface area contributed by atoms with E-state index in [4.69, 9.17) is 5.11 Å². The molecule has 0 radical (unpaired) electrons. The predicted molar refractivity (Wildman–Crippen MR) is 40.4 cm³/mol. The Morgan fingerprint density at radius 1 is 1.62 bits per heavy atom. The first-order chi connectivity index (χ1) is 3.55. The van der Waals surface area contributed by atoms with E-state index in [1.807, 2.05) is 0 Å². The number of carboxylic acid groups (broad SMARTS) is 1. The summed E-state index contributed by atoms with van der Waals surface area (Å²) in [4.78, 5) is 10.1. The minimum Gasteiger partial charge on any atom is -0.478 e. The zero-order valence-electron chi connectivity index (χ0n) is 5.14. The molecule has 0 amide bonds. The Kier molecular flexibility index (Phi) is 2.71. The van der Waals surface area contributed by atoms with Crippen molar-refractivity contribution in [2.45, 2.75) is 5.16 Å². The fourth-order valence-electron chi connectivity index (χ4n) is 0.247. The highest BCUT2D eigenvalue weighted by Crippen LogP contribution is 2.04. The Morgan fingerprint density at radius 3 is 2.00 bits per heavy atom. The van der Waals surface area contributed by atoms with Crippen molar-refractivity contribution in [3.8, 4) is 0 Å². The number of aliphatic carboxylic acids is 1. The lowest BCUT2D eigenvalue weighted by atomic mass is 10.3. The van der Waals surface area contributed by atoms with Crippen LogP contribution in [0.15, 0.2) is 12.2 Å². The van der Waals surface area contributed by atoms with Crippen LogP contribution in [0.2, 0.25) is 5.16 Å². The molecule has 2 nitrogen and oxygen atoms in total. The van der Waals surface area contributed by atoms with Crippen molar-refractivity contribution < 1.29 is 9.90 Å². The van der Waals surface area contributed by atoms with E-state index in [-0.39, 0.29) is 0 Å². The minimum absolute atomic E-state index is 0.326. The van der Waals surface area contributed by atoms with E-state index in [1.54, 1.807) is 0 Å². The first kappa shape index (κ1) is 7.64. The average Bonchev–Trinajstić information content (AvgIpc) is 1.64. The first-order valence-electron chi connectivity index (χ1n) is 2.47. The van der Waals surface area contributed by atoms with Gasteiger partial charge in [0.25, 0.3) is 0 Å². The summed E-state index contributed by atoms with van der Waals surface area (Å²) < 4.78 is 0. The summed E-state index contributed by atoms with van der Waals surface area (Å²) >= 11 is 0. The van der Waals surface area contributed by atoms with Crippen LogP contribution in [-0.4, -0.2) is 31.6 Å². The van der Waals surface area contributed by atoms with E-state index < -0.39 is 5.97 Å². The largest absolute Gasteiger partial charge is 0.478 e.